The second kappa shape index (κ2) is 11.0. The highest BCUT2D eigenvalue weighted by molar-refractivity contribution is 5.80. The summed E-state index contributed by atoms with van der Waals surface area (Å²) in [6, 6.07) is 8.91. The highest BCUT2D eigenvalue weighted by Crippen LogP contribution is 2.30. The van der Waals surface area contributed by atoms with Crippen LogP contribution in [0.3, 0.4) is 0 Å². The van der Waals surface area contributed by atoms with Gasteiger partial charge in [-0.15, -0.1) is 0 Å². The lowest BCUT2D eigenvalue weighted by Crippen LogP contribution is -2.44. The zero-order chi connectivity index (χ0) is 23.1. The Morgan fingerprint density at radius 1 is 1.19 bits per heavy atom. The number of hydrogen-bond acceptors (Lipinski definition) is 5. The molecule has 1 aliphatic rings. The maximum absolute atomic E-state index is 14.1. The van der Waals surface area contributed by atoms with E-state index in [4.69, 9.17) is 9.47 Å². The van der Waals surface area contributed by atoms with Crippen molar-refractivity contribution in [2.45, 2.75) is 25.5 Å². The van der Waals surface area contributed by atoms with E-state index in [0.29, 0.717) is 48.3 Å². The Hall–Kier alpha value is -3.07. The molecule has 2 unspecified atom stereocenters. The molecule has 0 saturated carbocycles. The van der Waals surface area contributed by atoms with E-state index in [1.165, 1.54) is 12.1 Å². The van der Waals surface area contributed by atoms with Gasteiger partial charge in [0.15, 0.2) is 17.5 Å². The number of halogens is 2. The highest BCUT2D eigenvalue weighted by Gasteiger charge is 2.25. The van der Waals surface area contributed by atoms with Crippen LogP contribution < -0.4 is 25.0 Å². The number of aliphatic hydroxyl groups excluding tert-OH is 1. The number of anilines is 1. The van der Waals surface area contributed by atoms with Crippen LogP contribution in [0.25, 0.3) is 0 Å². The van der Waals surface area contributed by atoms with Crippen LogP contribution in [0.15, 0.2) is 41.4 Å². The van der Waals surface area contributed by atoms with Crippen LogP contribution in [-0.4, -0.2) is 57.5 Å². The number of ether oxygens (including phenoxy) is 2. The standard InChI is InChI=1S/C23H30F2N4O3/c1-4-26-23(27-13-20(30)15-5-8-21(31-2)22(11-15)32-3)28-17-9-10-29(14-17)19-7-6-16(24)12-18(19)25/h5-8,11-12,17,20,30H,4,9-10,13-14H2,1-3H3,(H2,26,27,28). The third-order valence-corrected chi connectivity index (χ3v) is 5.34. The van der Waals surface area contributed by atoms with Gasteiger partial charge >= 0.3 is 0 Å². The lowest BCUT2D eigenvalue weighted by atomic mass is 10.1. The molecule has 1 fully saturated rings. The normalized spacial score (nSPS) is 17.2. The number of guanidine groups is 1. The van der Waals surface area contributed by atoms with Crippen LogP contribution in [-0.2, 0) is 0 Å². The molecule has 7 nitrogen and oxygen atoms in total. The van der Waals surface area contributed by atoms with E-state index in [9.17, 15) is 13.9 Å². The summed E-state index contributed by atoms with van der Waals surface area (Å²) in [6.07, 6.45) is -0.0434. The molecular weight excluding hydrogens is 418 g/mol. The van der Waals surface area contributed by atoms with Crippen molar-refractivity contribution < 1.29 is 23.4 Å². The highest BCUT2D eigenvalue weighted by atomic mass is 19.1. The van der Waals surface area contributed by atoms with Gasteiger partial charge in [-0.05, 0) is 43.2 Å². The molecule has 2 aromatic carbocycles. The van der Waals surface area contributed by atoms with E-state index in [0.717, 1.165) is 12.5 Å². The molecule has 3 N–H and O–H groups in total. The fourth-order valence-corrected chi connectivity index (χ4v) is 3.69. The molecule has 3 rings (SSSR count). The van der Waals surface area contributed by atoms with E-state index in [1.807, 2.05) is 11.8 Å². The predicted molar refractivity (Wildman–Crippen MR) is 121 cm³/mol. The second-order valence-corrected chi connectivity index (χ2v) is 7.52. The summed E-state index contributed by atoms with van der Waals surface area (Å²) in [6.45, 7) is 3.96. The minimum Gasteiger partial charge on any atom is -0.493 e. The topological polar surface area (TPSA) is 78.4 Å². The minimum absolute atomic E-state index is 0.0375. The van der Waals surface area contributed by atoms with Crippen LogP contribution in [0.2, 0.25) is 0 Å². The third kappa shape index (κ3) is 5.79. The first kappa shape index (κ1) is 23.6. The maximum Gasteiger partial charge on any atom is 0.191 e. The minimum atomic E-state index is -0.821. The Kier molecular flexibility index (Phi) is 8.10. The van der Waals surface area contributed by atoms with Gasteiger partial charge in [0.05, 0.1) is 32.6 Å². The molecule has 32 heavy (non-hydrogen) atoms. The molecule has 1 heterocycles. The van der Waals surface area contributed by atoms with Crippen molar-refractivity contribution >= 4 is 11.6 Å². The average Bonchev–Trinajstić information content (AvgIpc) is 3.24. The zero-order valence-corrected chi connectivity index (χ0v) is 18.6. The fourth-order valence-electron chi connectivity index (χ4n) is 3.69. The van der Waals surface area contributed by atoms with E-state index in [1.54, 1.807) is 32.4 Å². The molecule has 2 aromatic rings. The molecular formula is C23H30F2N4O3. The fraction of sp³-hybridized carbons (Fsp3) is 0.435. The zero-order valence-electron chi connectivity index (χ0n) is 18.6. The summed E-state index contributed by atoms with van der Waals surface area (Å²) < 4.78 is 37.8. The number of aliphatic imine (C=N–C) groups is 1. The Morgan fingerprint density at radius 3 is 2.66 bits per heavy atom. The van der Waals surface area contributed by atoms with Gasteiger partial charge in [0.25, 0.3) is 0 Å². The van der Waals surface area contributed by atoms with Gasteiger partial charge in [0.2, 0.25) is 0 Å². The summed E-state index contributed by atoms with van der Waals surface area (Å²) in [4.78, 5) is 6.39. The van der Waals surface area contributed by atoms with Gasteiger partial charge in [0.1, 0.15) is 11.6 Å². The Labute approximate surface area is 187 Å². The summed E-state index contributed by atoms with van der Waals surface area (Å²) in [5.74, 6) is 0.542. The lowest BCUT2D eigenvalue weighted by molar-refractivity contribution is 0.186. The number of nitrogens with one attached hydrogen (secondary N) is 2. The van der Waals surface area contributed by atoms with E-state index >= 15 is 0 Å². The lowest BCUT2D eigenvalue weighted by Gasteiger charge is -2.21. The summed E-state index contributed by atoms with van der Waals surface area (Å²) in [5, 5.41) is 17.1. The molecule has 0 bridgehead atoms. The Morgan fingerprint density at radius 2 is 1.97 bits per heavy atom. The van der Waals surface area contributed by atoms with E-state index < -0.39 is 17.7 Å². The molecule has 0 spiro atoms. The average molecular weight is 449 g/mol. The summed E-state index contributed by atoms with van der Waals surface area (Å²) >= 11 is 0. The smallest absolute Gasteiger partial charge is 0.191 e. The molecule has 0 aromatic heterocycles. The number of hydrogen-bond donors (Lipinski definition) is 3. The first-order valence-electron chi connectivity index (χ1n) is 10.6. The van der Waals surface area contributed by atoms with Crippen molar-refractivity contribution in [2.75, 3.05) is 45.3 Å². The summed E-state index contributed by atoms with van der Waals surface area (Å²) in [5.41, 5.74) is 1.06. The van der Waals surface area contributed by atoms with Gasteiger partial charge in [-0.25, -0.2) is 8.78 Å². The number of benzene rings is 2. The molecule has 0 amide bonds. The van der Waals surface area contributed by atoms with Crippen molar-refractivity contribution in [1.82, 2.24) is 10.6 Å². The largest absolute Gasteiger partial charge is 0.493 e. The van der Waals surface area contributed by atoms with Crippen molar-refractivity contribution in [3.8, 4) is 11.5 Å². The van der Waals surface area contributed by atoms with E-state index in [-0.39, 0.29) is 12.6 Å². The van der Waals surface area contributed by atoms with Crippen molar-refractivity contribution in [2.24, 2.45) is 4.99 Å². The molecule has 2 atom stereocenters. The number of rotatable bonds is 8. The molecule has 0 aliphatic carbocycles. The third-order valence-electron chi connectivity index (χ3n) is 5.34. The van der Waals surface area contributed by atoms with Crippen LogP contribution >= 0.6 is 0 Å². The summed E-state index contributed by atoms with van der Waals surface area (Å²) in [7, 11) is 3.10. The number of methoxy groups -OCH3 is 2. The van der Waals surface area contributed by atoms with Crippen LogP contribution in [0.1, 0.15) is 25.0 Å². The number of aliphatic hydroxyl groups is 1. The van der Waals surface area contributed by atoms with Gasteiger partial charge in [0, 0.05) is 31.7 Å². The quantitative estimate of drug-likeness (QED) is 0.426. The van der Waals surface area contributed by atoms with E-state index in [2.05, 4.69) is 15.6 Å². The van der Waals surface area contributed by atoms with Gasteiger partial charge in [-0.2, -0.15) is 0 Å². The molecule has 0 radical (unpaired) electrons. The second-order valence-electron chi connectivity index (χ2n) is 7.52. The van der Waals surface area contributed by atoms with Crippen LogP contribution in [0.5, 0.6) is 11.5 Å². The van der Waals surface area contributed by atoms with Crippen molar-refractivity contribution in [3.05, 3.63) is 53.6 Å². The Bertz CT molecular complexity index is 941. The number of nitrogens with zero attached hydrogens (tertiary/aromatic N) is 2. The van der Waals surface area contributed by atoms with Gasteiger partial charge in [-0.3, -0.25) is 4.99 Å². The SMILES string of the molecule is CCNC(=NCC(O)c1ccc(OC)c(OC)c1)NC1CCN(c2ccc(F)cc2F)C1. The monoisotopic (exact) mass is 448 g/mol. The van der Waals surface area contributed by atoms with Crippen molar-refractivity contribution in [1.29, 1.82) is 0 Å². The van der Waals surface area contributed by atoms with Crippen LogP contribution in [0.4, 0.5) is 14.5 Å². The molecule has 9 heteroatoms. The first-order chi connectivity index (χ1) is 15.4. The Balaban J connectivity index is 1.62. The van der Waals surface area contributed by atoms with Crippen molar-refractivity contribution in [3.63, 3.8) is 0 Å². The maximum atomic E-state index is 14.1. The molecule has 174 valence electrons. The first-order valence-corrected chi connectivity index (χ1v) is 10.6. The molecule has 1 aliphatic heterocycles. The van der Waals surface area contributed by atoms with Gasteiger partial charge < -0.3 is 30.1 Å². The van der Waals surface area contributed by atoms with Gasteiger partial charge in [-0.1, -0.05) is 6.07 Å². The van der Waals surface area contributed by atoms with Crippen LogP contribution in [0, 0.1) is 11.6 Å². The molecule has 1 saturated heterocycles. The predicted octanol–water partition coefficient (Wildman–Crippen LogP) is 2.85.